The number of piperazine rings is 1. The summed E-state index contributed by atoms with van der Waals surface area (Å²) in [4.78, 5) is 7.65. The van der Waals surface area contributed by atoms with Gasteiger partial charge in [0.05, 0.1) is 5.54 Å². The molecule has 2 rings (SSSR count). The normalized spacial score (nSPS) is 19.1. The lowest BCUT2D eigenvalue weighted by Gasteiger charge is -2.43. The highest BCUT2D eigenvalue weighted by Gasteiger charge is 2.33. The van der Waals surface area contributed by atoms with E-state index in [1.807, 2.05) is 25.2 Å². The van der Waals surface area contributed by atoms with Crippen molar-refractivity contribution in [3.63, 3.8) is 0 Å². The third-order valence-electron chi connectivity index (χ3n) is 4.34. The van der Waals surface area contributed by atoms with Gasteiger partial charge in [-0.05, 0) is 32.4 Å². The molecule has 0 aliphatic carbocycles. The number of amidine groups is 1. The molecule has 0 unspecified atom stereocenters. The molecule has 1 aliphatic heterocycles. The molecule has 0 aromatic carbocycles. The van der Waals surface area contributed by atoms with Crippen LogP contribution in [-0.2, 0) is 13.0 Å². The predicted octanol–water partition coefficient (Wildman–Crippen LogP) is 1.95. The monoisotopic (exact) mass is 310 g/mol. The predicted molar refractivity (Wildman–Crippen MR) is 88.0 cm³/mol. The fraction of sp³-hybridized carbons (Fsp3) is 0.667. The summed E-state index contributed by atoms with van der Waals surface area (Å²) >= 11 is 1.91. The van der Waals surface area contributed by atoms with E-state index in [1.54, 1.807) is 0 Å². The number of oxime groups is 1. The van der Waals surface area contributed by atoms with Crippen molar-refractivity contribution in [1.29, 1.82) is 0 Å². The van der Waals surface area contributed by atoms with E-state index < -0.39 is 0 Å². The number of nitrogens with two attached hydrogens (primary N) is 1. The Morgan fingerprint density at radius 2 is 1.90 bits per heavy atom. The fourth-order valence-corrected chi connectivity index (χ4v) is 3.67. The van der Waals surface area contributed by atoms with Gasteiger partial charge in [-0.3, -0.25) is 9.80 Å². The summed E-state index contributed by atoms with van der Waals surface area (Å²) in [6, 6.07) is 4.48. The zero-order valence-corrected chi connectivity index (χ0v) is 14.0. The van der Waals surface area contributed by atoms with Crippen LogP contribution in [-0.4, -0.2) is 52.6 Å². The molecule has 1 saturated heterocycles. The quantitative estimate of drug-likeness (QED) is 0.378. The minimum atomic E-state index is -0.390. The van der Waals surface area contributed by atoms with Crippen LogP contribution in [0.4, 0.5) is 0 Å². The van der Waals surface area contributed by atoms with Gasteiger partial charge in [0.2, 0.25) is 0 Å². The maximum Gasteiger partial charge on any atom is 0.159 e. The second-order valence-corrected chi connectivity index (χ2v) is 7.28. The van der Waals surface area contributed by atoms with E-state index in [1.165, 1.54) is 9.75 Å². The lowest BCUT2D eigenvalue weighted by Crippen LogP contribution is -2.59. The van der Waals surface area contributed by atoms with Gasteiger partial charge in [0.15, 0.2) is 5.84 Å². The van der Waals surface area contributed by atoms with Gasteiger partial charge in [-0.25, -0.2) is 0 Å². The van der Waals surface area contributed by atoms with Crippen molar-refractivity contribution in [2.24, 2.45) is 10.9 Å². The molecule has 1 aromatic rings. The van der Waals surface area contributed by atoms with Crippen LogP contribution in [0.15, 0.2) is 17.3 Å². The summed E-state index contributed by atoms with van der Waals surface area (Å²) in [6.45, 7) is 11.1. The van der Waals surface area contributed by atoms with Gasteiger partial charge in [-0.1, -0.05) is 12.1 Å². The molecule has 0 amide bonds. The van der Waals surface area contributed by atoms with Crippen LogP contribution in [0, 0.1) is 0 Å². The van der Waals surface area contributed by atoms with Gasteiger partial charge in [0.25, 0.3) is 0 Å². The molecule has 0 radical (unpaired) electrons. The highest BCUT2D eigenvalue weighted by molar-refractivity contribution is 7.11. The minimum Gasteiger partial charge on any atom is -0.409 e. The number of aryl methyl sites for hydroxylation is 1. The van der Waals surface area contributed by atoms with Gasteiger partial charge in [-0.15, -0.1) is 11.3 Å². The van der Waals surface area contributed by atoms with Gasteiger partial charge >= 0.3 is 0 Å². The van der Waals surface area contributed by atoms with Crippen molar-refractivity contribution in [3.8, 4) is 0 Å². The van der Waals surface area contributed by atoms with Crippen LogP contribution in [0.1, 0.15) is 30.5 Å². The second-order valence-electron chi connectivity index (χ2n) is 6.03. The standard InChI is InChI=1S/C15H26N4OS/c1-4-12-5-6-13(21-12)11-18-7-9-19(10-8-18)15(2,3)14(16)17-20/h5-6,20H,4,7-11H2,1-3H3,(H2,16,17). The molecule has 1 aromatic heterocycles. The Morgan fingerprint density at radius 1 is 1.29 bits per heavy atom. The molecular weight excluding hydrogens is 284 g/mol. The minimum absolute atomic E-state index is 0.279. The number of thiophene rings is 1. The van der Waals surface area contributed by atoms with Crippen molar-refractivity contribution in [3.05, 3.63) is 21.9 Å². The third kappa shape index (κ3) is 3.75. The van der Waals surface area contributed by atoms with Gasteiger partial charge in [0.1, 0.15) is 0 Å². The van der Waals surface area contributed by atoms with E-state index in [4.69, 9.17) is 10.9 Å². The van der Waals surface area contributed by atoms with E-state index >= 15 is 0 Å². The highest BCUT2D eigenvalue weighted by Crippen LogP contribution is 2.21. The molecule has 21 heavy (non-hydrogen) atoms. The summed E-state index contributed by atoms with van der Waals surface area (Å²) in [7, 11) is 0. The Balaban J connectivity index is 1.88. The van der Waals surface area contributed by atoms with E-state index in [2.05, 4.69) is 34.0 Å². The molecule has 0 spiro atoms. The molecule has 5 nitrogen and oxygen atoms in total. The average Bonchev–Trinajstić information content (AvgIpc) is 2.94. The first-order valence-corrected chi connectivity index (χ1v) is 8.32. The molecule has 1 fully saturated rings. The highest BCUT2D eigenvalue weighted by atomic mass is 32.1. The maximum atomic E-state index is 8.90. The summed E-state index contributed by atoms with van der Waals surface area (Å²) in [6.07, 6.45) is 1.12. The summed E-state index contributed by atoms with van der Waals surface area (Å²) in [5, 5.41) is 12.1. The maximum absolute atomic E-state index is 8.90. The molecule has 0 bridgehead atoms. The van der Waals surface area contributed by atoms with Crippen LogP contribution in [0.25, 0.3) is 0 Å². The van der Waals surface area contributed by atoms with E-state index in [0.717, 1.165) is 39.1 Å². The van der Waals surface area contributed by atoms with Gasteiger partial charge in [0, 0.05) is 42.5 Å². The molecule has 1 aliphatic rings. The Bertz CT molecular complexity index is 490. The van der Waals surface area contributed by atoms with Crippen molar-refractivity contribution in [1.82, 2.24) is 9.80 Å². The van der Waals surface area contributed by atoms with E-state index in [-0.39, 0.29) is 11.4 Å². The Morgan fingerprint density at radius 3 is 2.43 bits per heavy atom. The average molecular weight is 310 g/mol. The first-order chi connectivity index (χ1) is 9.97. The topological polar surface area (TPSA) is 65.1 Å². The van der Waals surface area contributed by atoms with Gasteiger partial charge < -0.3 is 10.9 Å². The lowest BCUT2D eigenvalue weighted by molar-refractivity contribution is 0.0799. The van der Waals surface area contributed by atoms with Crippen molar-refractivity contribution >= 4 is 17.2 Å². The number of rotatable bonds is 5. The second kappa shape index (κ2) is 6.77. The van der Waals surface area contributed by atoms with E-state index in [9.17, 15) is 0 Å². The molecule has 6 heteroatoms. The Kier molecular flexibility index (Phi) is 5.24. The lowest BCUT2D eigenvalue weighted by atomic mass is 10.0. The molecule has 3 N–H and O–H groups in total. The van der Waals surface area contributed by atoms with Crippen molar-refractivity contribution in [2.45, 2.75) is 39.3 Å². The first kappa shape index (κ1) is 16.3. The molecular formula is C15H26N4OS. The number of hydrogen-bond acceptors (Lipinski definition) is 5. The first-order valence-electron chi connectivity index (χ1n) is 7.50. The molecule has 2 heterocycles. The summed E-state index contributed by atoms with van der Waals surface area (Å²) in [5.41, 5.74) is 5.41. The summed E-state index contributed by atoms with van der Waals surface area (Å²) in [5.74, 6) is 0.279. The Labute approximate surface area is 131 Å². The Hall–Kier alpha value is -1.11. The van der Waals surface area contributed by atoms with Crippen LogP contribution in [0.2, 0.25) is 0 Å². The number of hydrogen-bond donors (Lipinski definition) is 2. The SMILES string of the molecule is CCc1ccc(CN2CCN(C(C)(C)C(N)=NO)CC2)s1. The van der Waals surface area contributed by atoms with Crippen LogP contribution < -0.4 is 5.73 Å². The van der Waals surface area contributed by atoms with Crippen LogP contribution in [0.3, 0.4) is 0 Å². The summed E-state index contributed by atoms with van der Waals surface area (Å²) < 4.78 is 0. The molecule has 118 valence electrons. The zero-order valence-electron chi connectivity index (χ0n) is 13.2. The van der Waals surface area contributed by atoms with Crippen LogP contribution >= 0.6 is 11.3 Å². The zero-order chi connectivity index (χ0) is 15.5. The van der Waals surface area contributed by atoms with Gasteiger partial charge in [-0.2, -0.15) is 0 Å². The van der Waals surface area contributed by atoms with E-state index in [0.29, 0.717) is 0 Å². The van der Waals surface area contributed by atoms with Crippen LogP contribution in [0.5, 0.6) is 0 Å². The number of nitrogens with zero attached hydrogens (tertiary/aromatic N) is 3. The molecule has 0 saturated carbocycles. The van der Waals surface area contributed by atoms with Crippen molar-refractivity contribution in [2.75, 3.05) is 26.2 Å². The van der Waals surface area contributed by atoms with Crippen molar-refractivity contribution < 1.29 is 5.21 Å². The third-order valence-corrected chi connectivity index (χ3v) is 5.56. The fourth-order valence-electron chi connectivity index (χ4n) is 2.67. The smallest absolute Gasteiger partial charge is 0.159 e. The molecule has 0 atom stereocenters. The largest absolute Gasteiger partial charge is 0.409 e.